The van der Waals surface area contributed by atoms with Crippen LogP contribution in [0.4, 0.5) is 0 Å². The van der Waals surface area contributed by atoms with Gasteiger partial charge in [-0.1, -0.05) is 115 Å². The quantitative estimate of drug-likeness (QED) is 0.221. The van der Waals surface area contributed by atoms with E-state index in [9.17, 15) is 0 Å². The van der Waals surface area contributed by atoms with E-state index in [2.05, 4.69) is 146 Å². The zero-order chi connectivity index (χ0) is 28.8. The van der Waals surface area contributed by atoms with Crippen molar-refractivity contribution in [1.29, 1.82) is 0 Å². The summed E-state index contributed by atoms with van der Waals surface area (Å²) in [5.74, 6) is 0. The van der Waals surface area contributed by atoms with Crippen molar-refractivity contribution in [1.82, 2.24) is 10.3 Å². The largest absolute Gasteiger partial charge is 0.387 e. The summed E-state index contributed by atoms with van der Waals surface area (Å²) in [4.78, 5) is 4.93. The van der Waals surface area contributed by atoms with Gasteiger partial charge >= 0.3 is 0 Å². The van der Waals surface area contributed by atoms with Crippen molar-refractivity contribution in [3.8, 4) is 33.5 Å². The van der Waals surface area contributed by atoms with E-state index in [4.69, 9.17) is 4.98 Å². The Bertz CT molecular complexity index is 2180. The third kappa shape index (κ3) is 4.31. The highest BCUT2D eigenvalue weighted by Crippen LogP contribution is 2.45. The molecule has 7 aromatic rings. The molecular weight excluding hydrogens is 520 g/mol. The number of rotatable bonds is 4. The van der Waals surface area contributed by atoms with Gasteiger partial charge in [-0.25, -0.2) is 0 Å². The Labute approximate surface area is 251 Å². The van der Waals surface area contributed by atoms with E-state index in [-0.39, 0.29) is 0 Å². The summed E-state index contributed by atoms with van der Waals surface area (Å²) in [6, 6.07) is 44.2. The van der Waals surface area contributed by atoms with Crippen molar-refractivity contribution in [2.75, 3.05) is 6.54 Å². The summed E-state index contributed by atoms with van der Waals surface area (Å²) < 4.78 is 0. The van der Waals surface area contributed by atoms with Crippen LogP contribution in [0.5, 0.6) is 0 Å². The molecule has 0 spiro atoms. The lowest BCUT2D eigenvalue weighted by molar-refractivity contribution is 0.975. The van der Waals surface area contributed by atoms with Crippen LogP contribution in [0.2, 0.25) is 0 Å². The van der Waals surface area contributed by atoms with E-state index >= 15 is 0 Å². The highest BCUT2D eigenvalue weighted by molar-refractivity contribution is 6.22. The lowest BCUT2D eigenvalue weighted by Crippen LogP contribution is -2.08. The molecule has 0 fully saturated rings. The molecule has 0 radical (unpaired) electrons. The lowest BCUT2D eigenvalue weighted by Gasteiger charge is -2.20. The monoisotopic (exact) mass is 550 g/mol. The molecule has 0 amide bonds. The van der Waals surface area contributed by atoms with Crippen LogP contribution in [0, 0.1) is 6.92 Å². The highest BCUT2D eigenvalue weighted by atomic mass is 14.8. The molecular formula is C41H30N2. The predicted octanol–water partition coefficient (Wildman–Crippen LogP) is 10.4. The fourth-order valence-electron chi connectivity index (χ4n) is 6.65. The summed E-state index contributed by atoms with van der Waals surface area (Å²) in [6.07, 6.45) is 8.28. The van der Waals surface area contributed by atoms with Gasteiger partial charge in [-0.3, -0.25) is 4.98 Å². The van der Waals surface area contributed by atoms with Crippen LogP contribution in [0.15, 0.2) is 146 Å². The summed E-state index contributed by atoms with van der Waals surface area (Å²) >= 11 is 0. The van der Waals surface area contributed by atoms with Crippen LogP contribution in [0.3, 0.4) is 0 Å². The molecule has 204 valence electrons. The molecule has 43 heavy (non-hydrogen) atoms. The number of fused-ring (bicyclic) bond motifs is 3. The number of nitrogens with zero attached hydrogens (tertiary/aromatic N) is 1. The van der Waals surface area contributed by atoms with Crippen LogP contribution in [0.25, 0.3) is 71.4 Å². The standard InChI is InChI=1S/C41H30N2/c1-27-33(39-20-19-32(26-43-39)29-21-23-42-24-22-29)15-8-16-34(27)41-37-13-6-4-11-35(37)40(36-12-5-7-14-38(36)41)31-18-17-28-9-2-3-10-30(28)25-31/h2-23,25-26,42H,24H2,1H3. The second-order valence-corrected chi connectivity index (χ2v) is 11.2. The molecule has 0 bridgehead atoms. The minimum atomic E-state index is 0.844. The van der Waals surface area contributed by atoms with Gasteiger partial charge in [0.2, 0.25) is 0 Å². The van der Waals surface area contributed by atoms with Crippen molar-refractivity contribution in [2.24, 2.45) is 0 Å². The molecule has 2 heteroatoms. The third-order valence-corrected chi connectivity index (χ3v) is 8.77. The number of benzene rings is 6. The maximum absolute atomic E-state index is 4.93. The van der Waals surface area contributed by atoms with Crippen molar-refractivity contribution in [3.05, 3.63) is 157 Å². The van der Waals surface area contributed by atoms with Gasteiger partial charge in [0.05, 0.1) is 5.69 Å². The molecule has 6 aromatic carbocycles. The van der Waals surface area contributed by atoms with E-state index < -0.39 is 0 Å². The maximum Gasteiger partial charge on any atom is 0.0705 e. The summed E-state index contributed by atoms with van der Waals surface area (Å²) in [5.41, 5.74) is 10.8. The van der Waals surface area contributed by atoms with E-state index in [1.165, 1.54) is 65.7 Å². The Morgan fingerprint density at radius 3 is 1.91 bits per heavy atom. The van der Waals surface area contributed by atoms with Crippen LogP contribution in [0.1, 0.15) is 11.1 Å². The number of hydrogen-bond donors (Lipinski definition) is 1. The van der Waals surface area contributed by atoms with Gasteiger partial charge in [-0.2, -0.15) is 0 Å². The molecule has 1 N–H and O–H groups in total. The zero-order valence-corrected chi connectivity index (χ0v) is 24.0. The molecule has 0 aliphatic carbocycles. The molecule has 2 heterocycles. The molecule has 8 rings (SSSR count). The molecule has 0 saturated heterocycles. The van der Waals surface area contributed by atoms with Gasteiger partial charge in [-0.15, -0.1) is 0 Å². The number of aromatic nitrogens is 1. The Morgan fingerprint density at radius 1 is 0.581 bits per heavy atom. The van der Waals surface area contributed by atoms with Crippen LogP contribution in [-0.4, -0.2) is 11.5 Å². The molecule has 1 aliphatic heterocycles. The average Bonchev–Trinajstić information content (AvgIpc) is 3.08. The van der Waals surface area contributed by atoms with Crippen molar-refractivity contribution < 1.29 is 0 Å². The van der Waals surface area contributed by atoms with Gasteiger partial charge in [0, 0.05) is 18.3 Å². The van der Waals surface area contributed by atoms with E-state index in [0.717, 1.165) is 23.4 Å². The molecule has 1 aromatic heterocycles. The fourth-order valence-corrected chi connectivity index (χ4v) is 6.65. The first-order chi connectivity index (χ1) is 21.3. The molecule has 0 unspecified atom stereocenters. The van der Waals surface area contributed by atoms with E-state index in [0.29, 0.717) is 0 Å². The van der Waals surface area contributed by atoms with Crippen LogP contribution < -0.4 is 5.32 Å². The number of nitrogens with one attached hydrogen (secondary N) is 1. The smallest absolute Gasteiger partial charge is 0.0705 e. The highest BCUT2D eigenvalue weighted by Gasteiger charge is 2.19. The lowest BCUT2D eigenvalue weighted by atomic mass is 9.83. The molecule has 2 nitrogen and oxygen atoms in total. The average molecular weight is 551 g/mol. The van der Waals surface area contributed by atoms with Gasteiger partial charge in [0.25, 0.3) is 0 Å². The van der Waals surface area contributed by atoms with Gasteiger partial charge in [0.1, 0.15) is 0 Å². The van der Waals surface area contributed by atoms with Crippen molar-refractivity contribution >= 4 is 37.9 Å². The van der Waals surface area contributed by atoms with E-state index in [1.807, 2.05) is 12.4 Å². The first-order valence-corrected chi connectivity index (χ1v) is 14.9. The van der Waals surface area contributed by atoms with Crippen molar-refractivity contribution in [2.45, 2.75) is 6.92 Å². The summed E-state index contributed by atoms with van der Waals surface area (Å²) in [7, 11) is 0. The SMILES string of the molecule is Cc1c(-c2ccc(C3=CCNC=C3)cn2)cccc1-c1c2ccccc2c(-c2ccc3ccccc3c2)c2ccccc12. The first kappa shape index (κ1) is 25.3. The zero-order valence-electron chi connectivity index (χ0n) is 24.0. The minimum Gasteiger partial charge on any atom is -0.387 e. The maximum atomic E-state index is 4.93. The van der Waals surface area contributed by atoms with Crippen LogP contribution >= 0.6 is 0 Å². The molecule has 0 atom stereocenters. The molecule has 0 saturated carbocycles. The van der Waals surface area contributed by atoms with Gasteiger partial charge in [0.15, 0.2) is 0 Å². The summed E-state index contributed by atoms with van der Waals surface area (Å²) in [6.45, 7) is 3.08. The second kappa shape index (κ2) is 10.4. The Kier molecular flexibility index (Phi) is 6.12. The number of pyridine rings is 1. The Balaban J connectivity index is 1.34. The van der Waals surface area contributed by atoms with Crippen LogP contribution in [-0.2, 0) is 0 Å². The normalized spacial score (nSPS) is 12.9. The van der Waals surface area contributed by atoms with E-state index in [1.54, 1.807) is 0 Å². The second-order valence-electron chi connectivity index (χ2n) is 11.2. The van der Waals surface area contributed by atoms with Gasteiger partial charge in [-0.05, 0) is 103 Å². The third-order valence-electron chi connectivity index (χ3n) is 8.77. The predicted molar refractivity (Wildman–Crippen MR) is 183 cm³/mol. The Hall–Kier alpha value is -5.47. The summed E-state index contributed by atoms with van der Waals surface area (Å²) in [5, 5.41) is 10.8. The van der Waals surface area contributed by atoms with Crippen molar-refractivity contribution in [3.63, 3.8) is 0 Å². The minimum absolute atomic E-state index is 0.844. The Morgan fingerprint density at radius 2 is 1.23 bits per heavy atom. The number of hydrogen-bond acceptors (Lipinski definition) is 2. The molecule has 1 aliphatic rings. The topological polar surface area (TPSA) is 24.9 Å². The number of allylic oxidation sites excluding steroid dienone is 2. The number of dihydropyridines is 1. The fraction of sp³-hybridized carbons (Fsp3) is 0.0488. The first-order valence-electron chi connectivity index (χ1n) is 14.9. The van der Waals surface area contributed by atoms with Gasteiger partial charge < -0.3 is 5.32 Å².